The molecule has 2 aliphatic rings. The first-order valence-electron chi connectivity index (χ1n) is 10.5. The molecule has 3 atom stereocenters. The lowest BCUT2D eigenvalue weighted by Crippen LogP contribution is -2.62. The largest absolute Gasteiger partial charge is 0.459 e. The summed E-state index contributed by atoms with van der Waals surface area (Å²) < 4.78 is 6.19. The first-order valence-corrected chi connectivity index (χ1v) is 10.5. The van der Waals surface area contributed by atoms with E-state index in [4.69, 9.17) is 4.74 Å². The van der Waals surface area contributed by atoms with Crippen molar-refractivity contribution >= 4 is 29.3 Å². The summed E-state index contributed by atoms with van der Waals surface area (Å²) in [7, 11) is 0. The van der Waals surface area contributed by atoms with Gasteiger partial charge in [0.25, 0.3) is 0 Å². The predicted octanol–water partition coefficient (Wildman–Crippen LogP) is 0.453. The van der Waals surface area contributed by atoms with Crippen LogP contribution in [0.15, 0.2) is 24.3 Å². The van der Waals surface area contributed by atoms with E-state index < -0.39 is 18.2 Å². The molecule has 0 bridgehead atoms. The van der Waals surface area contributed by atoms with Crippen molar-refractivity contribution in [2.45, 2.75) is 40.2 Å². The van der Waals surface area contributed by atoms with Gasteiger partial charge in [-0.2, -0.15) is 5.10 Å². The quantitative estimate of drug-likeness (QED) is 0.398. The number of ether oxygens (including phenoxy) is 1. The Balaban J connectivity index is 1.60. The van der Waals surface area contributed by atoms with E-state index in [2.05, 4.69) is 26.5 Å². The molecule has 2 fully saturated rings. The molecule has 1 aromatic carbocycles. The third-order valence-electron chi connectivity index (χ3n) is 5.73. The number of fused-ring (bicyclic) bond motifs is 1. The fourth-order valence-corrected chi connectivity index (χ4v) is 3.99. The topological polar surface area (TPSA) is 130 Å². The van der Waals surface area contributed by atoms with Gasteiger partial charge in [-0.1, -0.05) is 12.1 Å². The fourth-order valence-electron chi connectivity index (χ4n) is 3.99. The van der Waals surface area contributed by atoms with Crippen molar-refractivity contribution in [3.05, 3.63) is 41.1 Å². The number of aryl methyl sites for hydroxylation is 2. The zero-order chi connectivity index (χ0) is 23.0. The minimum Gasteiger partial charge on any atom is -0.459 e. The van der Waals surface area contributed by atoms with Crippen molar-refractivity contribution in [3.8, 4) is 0 Å². The Labute approximate surface area is 185 Å². The number of hydrogen-bond acceptors (Lipinski definition) is 8. The van der Waals surface area contributed by atoms with Crippen LogP contribution in [0.2, 0.25) is 0 Å². The number of aromatic nitrogens is 2. The highest BCUT2D eigenvalue weighted by Gasteiger charge is 2.45. The second-order valence-corrected chi connectivity index (χ2v) is 7.87. The van der Waals surface area contributed by atoms with Crippen molar-refractivity contribution < 1.29 is 19.1 Å². The van der Waals surface area contributed by atoms with E-state index >= 15 is 0 Å². The molecule has 11 nitrogen and oxygen atoms in total. The van der Waals surface area contributed by atoms with Crippen molar-refractivity contribution in [3.63, 3.8) is 0 Å². The Morgan fingerprint density at radius 1 is 1.28 bits per heavy atom. The number of rotatable bonds is 4. The lowest BCUT2D eigenvalue weighted by molar-refractivity contribution is -0.152. The van der Waals surface area contributed by atoms with Crippen molar-refractivity contribution in [2.75, 3.05) is 23.5 Å². The van der Waals surface area contributed by atoms with Crippen LogP contribution in [0.5, 0.6) is 0 Å². The molecular formula is C21H27N7O4. The molecule has 0 aliphatic carbocycles. The summed E-state index contributed by atoms with van der Waals surface area (Å²) in [6.45, 7) is 8.03. The van der Waals surface area contributed by atoms with Gasteiger partial charge >= 0.3 is 11.9 Å². The van der Waals surface area contributed by atoms with Gasteiger partial charge in [0.05, 0.1) is 23.9 Å². The van der Waals surface area contributed by atoms with E-state index in [0.717, 1.165) is 16.8 Å². The molecule has 2 amide bonds. The number of esters is 1. The highest BCUT2D eigenvalue weighted by molar-refractivity contribution is 6.37. The summed E-state index contributed by atoms with van der Waals surface area (Å²) >= 11 is 0. The van der Waals surface area contributed by atoms with Crippen LogP contribution >= 0.6 is 0 Å². The first kappa shape index (κ1) is 21.8. The zero-order valence-electron chi connectivity index (χ0n) is 18.4. The van der Waals surface area contributed by atoms with E-state index in [1.165, 1.54) is 4.68 Å². The third-order valence-corrected chi connectivity index (χ3v) is 5.73. The molecular weight excluding hydrogens is 414 g/mol. The van der Waals surface area contributed by atoms with Crippen LogP contribution in [0.25, 0.3) is 0 Å². The maximum atomic E-state index is 12.9. The summed E-state index contributed by atoms with van der Waals surface area (Å²) in [5.41, 5.74) is 7.17. The van der Waals surface area contributed by atoms with E-state index in [9.17, 15) is 14.4 Å². The number of nitrogens with one attached hydrogen (secondary N) is 4. The number of benzene rings is 1. The lowest BCUT2D eigenvalue weighted by atomic mass is 10.0. The summed E-state index contributed by atoms with van der Waals surface area (Å²) in [5.74, 6) is -2.09. The van der Waals surface area contributed by atoms with E-state index in [1.807, 2.05) is 37.1 Å². The highest BCUT2D eigenvalue weighted by atomic mass is 16.5. The minimum atomic E-state index is -0.986. The Hall–Kier alpha value is -3.44. The van der Waals surface area contributed by atoms with Gasteiger partial charge in [0.1, 0.15) is 12.0 Å². The number of hydrazine groups is 1. The Bertz CT molecular complexity index is 1070. The molecule has 0 spiro atoms. The number of carbonyl (C=O) groups excluding carboxylic acids is 3. The zero-order valence-corrected chi connectivity index (χ0v) is 18.4. The Morgan fingerprint density at radius 2 is 2.06 bits per heavy atom. The number of hydrogen-bond donors (Lipinski definition) is 4. The highest BCUT2D eigenvalue weighted by Crippen LogP contribution is 2.30. The standard InChI is InChI=1S/C21H27N7O4/c1-5-32-20(31)19(30)23-16-9-12(3)26-28(16)21-24-17-14(18(29)25-21)10-22-27(17)15-8-6-7-11(2)13(15)4/h6-9,14,17,21-22,24H,5,10H2,1-4H3,(H,23,30)(H,25,29). The van der Waals surface area contributed by atoms with Crippen molar-refractivity contribution in [1.82, 2.24) is 25.8 Å². The monoisotopic (exact) mass is 441 g/mol. The van der Waals surface area contributed by atoms with Crippen LogP contribution in [-0.2, 0) is 19.1 Å². The van der Waals surface area contributed by atoms with Gasteiger partial charge in [-0.3, -0.25) is 19.9 Å². The third kappa shape index (κ3) is 3.92. The van der Waals surface area contributed by atoms with E-state index in [-0.39, 0.29) is 30.4 Å². The summed E-state index contributed by atoms with van der Waals surface area (Å²) in [6, 6.07) is 7.64. The molecule has 2 saturated heterocycles. The molecule has 1 aromatic heterocycles. The summed E-state index contributed by atoms with van der Waals surface area (Å²) in [4.78, 5) is 36.8. The molecule has 170 valence electrons. The second kappa shape index (κ2) is 8.60. The van der Waals surface area contributed by atoms with E-state index in [1.54, 1.807) is 19.9 Å². The number of nitrogens with zero attached hydrogens (tertiary/aromatic N) is 3. The summed E-state index contributed by atoms with van der Waals surface area (Å²) in [5, 5.41) is 15.2. The Kier molecular flexibility index (Phi) is 5.85. The lowest BCUT2D eigenvalue weighted by Gasteiger charge is -2.38. The SMILES string of the molecule is CCOC(=O)C(=O)Nc1cc(C)nn1C1NC(=O)C2CNN(c3cccc(C)c3C)C2N1. The normalized spacial score (nSPS) is 22.3. The fraction of sp³-hybridized carbons (Fsp3) is 0.429. The maximum Gasteiger partial charge on any atom is 0.397 e. The van der Waals surface area contributed by atoms with Crippen LogP contribution in [0.3, 0.4) is 0 Å². The number of carbonyl (C=O) groups is 3. The maximum absolute atomic E-state index is 12.9. The molecule has 0 saturated carbocycles. The van der Waals surface area contributed by atoms with Gasteiger partial charge in [0.2, 0.25) is 5.91 Å². The van der Waals surface area contributed by atoms with Crippen LogP contribution in [0.1, 0.15) is 30.0 Å². The molecule has 3 heterocycles. The van der Waals surface area contributed by atoms with E-state index in [0.29, 0.717) is 12.2 Å². The van der Waals surface area contributed by atoms with Gasteiger partial charge in [-0.15, -0.1) is 0 Å². The molecule has 3 unspecified atom stereocenters. The van der Waals surface area contributed by atoms with Crippen molar-refractivity contribution in [2.24, 2.45) is 5.92 Å². The molecule has 11 heteroatoms. The smallest absolute Gasteiger partial charge is 0.397 e. The molecule has 4 N–H and O–H groups in total. The summed E-state index contributed by atoms with van der Waals surface area (Å²) in [6.07, 6.45) is -1.07. The average molecular weight is 441 g/mol. The number of amides is 2. The number of anilines is 2. The minimum absolute atomic E-state index is 0.0923. The predicted molar refractivity (Wildman–Crippen MR) is 116 cm³/mol. The van der Waals surface area contributed by atoms with Crippen LogP contribution in [-0.4, -0.2) is 46.9 Å². The van der Waals surface area contributed by atoms with Crippen LogP contribution in [0, 0.1) is 26.7 Å². The second-order valence-electron chi connectivity index (χ2n) is 7.87. The molecule has 0 radical (unpaired) electrons. The molecule has 2 aliphatic heterocycles. The van der Waals surface area contributed by atoms with Crippen LogP contribution in [0.4, 0.5) is 11.5 Å². The van der Waals surface area contributed by atoms with Crippen LogP contribution < -0.4 is 26.4 Å². The van der Waals surface area contributed by atoms with Gasteiger partial charge in [0, 0.05) is 12.6 Å². The average Bonchev–Trinajstić information content (AvgIpc) is 3.34. The van der Waals surface area contributed by atoms with Crippen molar-refractivity contribution in [1.29, 1.82) is 0 Å². The van der Waals surface area contributed by atoms with Gasteiger partial charge in [-0.05, 0) is 44.9 Å². The Morgan fingerprint density at radius 3 is 2.81 bits per heavy atom. The molecule has 4 rings (SSSR count). The first-order chi connectivity index (χ1) is 15.3. The van der Waals surface area contributed by atoms with Gasteiger partial charge < -0.3 is 15.4 Å². The molecule has 2 aromatic rings. The molecule has 32 heavy (non-hydrogen) atoms. The van der Waals surface area contributed by atoms with Gasteiger partial charge in [0.15, 0.2) is 6.29 Å². The van der Waals surface area contributed by atoms with Gasteiger partial charge in [-0.25, -0.2) is 14.9 Å².